The first-order valence-electron chi connectivity index (χ1n) is 10.5. The van der Waals surface area contributed by atoms with Gasteiger partial charge in [-0.25, -0.2) is 4.79 Å². The first-order valence-corrected chi connectivity index (χ1v) is 10.5. The van der Waals surface area contributed by atoms with Crippen LogP contribution in [0.4, 0.5) is 0 Å². The van der Waals surface area contributed by atoms with Crippen LogP contribution in [0.25, 0.3) is 0 Å². The van der Waals surface area contributed by atoms with Crippen LogP contribution >= 0.6 is 0 Å². The van der Waals surface area contributed by atoms with Crippen molar-refractivity contribution in [1.82, 2.24) is 0 Å². The van der Waals surface area contributed by atoms with Gasteiger partial charge in [0.2, 0.25) is 0 Å². The van der Waals surface area contributed by atoms with Crippen LogP contribution in [0.5, 0.6) is 23.0 Å². The second-order valence-electron chi connectivity index (χ2n) is 8.70. The smallest absolute Gasteiger partial charge is 0.344 e. The number of benzene rings is 2. The molecule has 0 fully saturated rings. The molecule has 7 heteroatoms. The Morgan fingerprint density at radius 1 is 0.906 bits per heavy atom. The summed E-state index contributed by atoms with van der Waals surface area (Å²) in [5.74, 6) is 1.87. The zero-order chi connectivity index (χ0) is 23.9. The molecule has 0 aromatic heterocycles. The standard InChI is InChI=1S/C25H34O7/c1-24(2,3)32-23(26)16-31-19-10-8-9-18(14-19)25(4,27)12-11-17-13-21(29-6)22(30-7)15-20(17)28-5/h8-10,13-15,27H,11-12,16H2,1-7H3/t25-/m0/s1. The minimum absolute atomic E-state index is 0.203. The van der Waals surface area contributed by atoms with Crippen molar-refractivity contribution in [1.29, 1.82) is 0 Å². The molecule has 0 spiro atoms. The largest absolute Gasteiger partial charge is 0.496 e. The molecule has 0 aliphatic rings. The summed E-state index contributed by atoms with van der Waals surface area (Å²) < 4.78 is 27.0. The molecule has 0 heterocycles. The van der Waals surface area contributed by atoms with Gasteiger partial charge >= 0.3 is 5.97 Å². The van der Waals surface area contributed by atoms with E-state index in [1.54, 1.807) is 73.3 Å². The van der Waals surface area contributed by atoms with Crippen LogP contribution in [0.1, 0.15) is 45.2 Å². The predicted octanol–water partition coefficient (Wildman–Crippen LogP) is 4.27. The number of methoxy groups -OCH3 is 3. The molecule has 32 heavy (non-hydrogen) atoms. The second-order valence-corrected chi connectivity index (χ2v) is 8.70. The SMILES string of the molecule is COc1cc(OC)c(OC)cc1CC[C@](C)(O)c1cccc(OCC(=O)OC(C)(C)C)c1. The van der Waals surface area contributed by atoms with Crippen LogP contribution in [0.15, 0.2) is 36.4 Å². The summed E-state index contributed by atoms with van der Waals surface area (Å²) in [5.41, 5.74) is -0.137. The van der Waals surface area contributed by atoms with Crippen LogP contribution in [0, 0.1) is 0 Å². The highest BCUT2D eigenvalue weighted by Crippen LogP contribution is 2.37. The Hall–Kier alpha value is -2.93. The number of esters is 1. The lowest BCUT2D eigenvalue weighted by Gasteiger charge is -2.25. The van der Waals surface area contributed by atoms with Crippen LogP contribution in [-0.2, 0) is 21.6 Å². The molecule has 0 unspecified atom stereocenters. The van der Waals surface area contributed by atoms with Gasteiger partial charge in [-0.2, -0.15) is 0 Å². The van der Waals surface area contributed by atoms with Gasteiger partial charge in [-0.05, 0) is 69.9 Å². The molecule has 0 aliphatic carbocycles. The van der Waals surface area contributed by atoms with E-state index in [1.165, 1.54) is 0 Å². The lowest BCUT2D eigenvalue weighted by atomic mass is 9.89. The van der Waals surface area contributed by atoms with Gasteiger partial charge in [0, 0.05) is 6.07 Å². The third kappa shape index (κ3) is 7.05. The molecule has 0 amide bonds. The monoisotopic (exact) mass is 446 g/mol. The normalized spacial score (nSPS) is 13.1. The van der Waals surface area contributed by atoms with E-state index in [0.717, 1.165) is 5.56 Å². The molecule has 0 radical (unpaired) electrons. The highest BCUT2D eigenvalue weighted by Gasteiger charge is 2.25. The molecular weight excluding hydrogens is 412 g/mol. The van der Waals surface area contributed by atoms with E-state index in [-0.39, 0.29) is 6.61 Å². The van der Waals surface area contributed by atoms with Gasteiger partial charge in [-0.1, -0.05) is 12.1 Å². The Kier molecular flexibility index (Phi) is 8.38. The quantitative estimate of drug-likeness (QED) is 0.546. The summed E-state index contributed by atoms with van der Waals surface area (Å²) in [4.78, 5) is 11.9. The van der Waals surface area contributed by atoms with Gasteiger partial charge in [0.15, 0.2) is 18.1 Å². The van der Waals surface area contributed by atoms with E-state index in [4.69, 9.17) is 23.7 Å². The number of carbonyl (C=O) groups is 1. The molecule has 2 aromatic rings. The molecular formula is C25H34O7. The van der Waals surface area contributed by atoms with Gasteiger partial charge in [-0.3, -0.25) is 0 Å². The van der Waals surface area contributed by atoms with Crippen molar-refractivity contribution in [3.05, 3.63) is 47.5 Å². The Morgan fingerprint density at radius 3 is 2.12 bits per heavy atom. The fraction of sp³-hybridized carbons (Fsp3) is 0.480. The van der Waals surface area contributed by atoms with Crippen molar-refractivity contribution < 1.29 is 33.6 Å². The van der Waals surface area contributed by atoms with Crippen molar-refractivity contribution in [2.45, 2.75) is 51.7 Å². The maximum atomic E-state index is 11.9. The molecule has 7 nitrogen and oxygen atoms in total. The molecule has 1 N–H and O–H groups in total. The minimum Gasteiger partial charge on any atom is -0.496 e. The highest BCUT2D eigenvalue weighted by molar-refractivity contribution is 5.71. The number of hydrogen-bond acceptors (Lipinski definition) is 7. The molecule has 0 saturated heterocycles. The second kappa shape index (κ2) is 10.6. The summed E-state index contributed by atoms with van der Waals surface area (Å²) in [7, 11) is 4.74. The molecule has 0 aliphatic heterocycles. The van der Waals surface area contributed by atoms with Crippen molar-refractivity contribution in [2.24, 2.45) is 0 Å². The zero-order valence-corrected chi connectivity index (χ0v) is 20.0. The van der Waals surface area contributed by atoms with Gasteiger partial charge in [0.05, 0.1) is 26.9 Å². The molecule has 176 valence electrons. The summed E-state index contributed by atoms with van der Waals surface area (Å²) in [6, 6.07) is 10.7. The Balaban J connectivity index is 2.11. The van der Waals surface area contributed by atoms with Crippen molar-refractivity contribution in [3.63, 3.8) is 0 Å². The number of rotatable bonds is 10. The third-order valence-corrected chi connectivity index (χ3v) is 4.90. The lowest BCUT2D eigenvalue weighted by Crippen LogP contribution is -2.27. The average molecular weight is 447 g/mol. The van der Waals surface area contributed by atoms with Crippen LogP contribution < -0.4 is 18.9 Å². The summed E-state index contributed by atoms with van der Waals surface area (Å²) in [6.45, 7) is 6.95. The molecule has 0 saturated carbocycles. The van der Waals surface area contributed by atoms with Gasteiger partial charge in [-0.15, -0.1) is 0 Å². The van der Waals surface area contributed by atoms with E-state index in [2.05, 4.69) is 0 Å². The van der Waals surface area contributed by atoms with Crippen LogP contribution in [-0.4, -0.2) is 44.6 Å². The number of ether oxygens (including phenoxy) is 5. The first-order chi connectivity index (χ1) is 15.0. The molecule has 1 atom stereocenters. The van der Waals surface area contributed by atoms with E-state index >= 15 is 0 Å². The maximum absolute atomic E-state index is 11.9. The summed E-state index contributed by atoms with van der Waals surface area (Å²) in [6.07, 6.45) is 0.966. The van der Waals surface area contributed by atoms with E-state index in [0.29, 0.717) is 41.4 Å². The fourth-order valence-corrected chi connectivity index (χ4v) is 3.24. The predicted molar refractivity (Wildman–Crippen MR) is 122 cm³/mol. The first kappa shape index (κ1) is 25.3. The van der Waals surface area contributed by atoms with Gasteiger partial charge in [0.25, 0.3) is 0 Å². The Labute approximate surface area is 190 Å². The molecule has 0 bridgehead atoms. The van der Waals surface area contributed by atoms with Crippen LogP contribution in [0.3, 0.4) is 0 Å². The number of carbonyl (C=O) groups excluding carboxylic acids is 1. The van der Waals surface area contributed by atoms with Gasteiger partial charge in [0.1, 0.15) is 17.1 Å². The molecule has 2 rings (SSSR count). The lowest BCUT2D eigenvalue weighted by molar-refractivity contribution is -0.157. The van der Waals surface area contributed by atoms with Gasteiger partial charge < -0.3 is 28.8 Å². The highest BCUT2D eigenvalue weighted by atomic mass is 16.6. The van der Waals surface area contributed by atoms with E-state index < -0.39 is 17.2 Å². The fourth-order valence-electron chi connectivity index (χ4n) is 3.24. The zero-order valence-electron chi connectivity index (χ0n) is 20.0. The van der Waals surface area contributed by atoms with Crippen LogP contribution in [0.2, 0.25) is 0 Å². The van der Waals surface area contributed by atoms with E-state index in [9.17, 15) is 9.90 Å². The third-order valence-electron chi connectivity index (χ3n) is 4.90. The maximum Gasteiger partial charge on any atom is 0.344 e. The Bertz CT molecular complexity index is 913. The summed E-state index contributed by atoms with van der Waals surface area (Å²) in [5, 5.41) is 11.1. The van der Waals surface area contributed by atoms with Crippen molar-refractivity contribution in [2.75, 3.05) is 27.9 Å². The van der Waals surface area contributed by atoms with Crippen molar-refractivity contribution >= 4 is 5.97 Å². The minimum atomic E-state index is -1.14. The number of hydrogen-bond donors (Lipinski definition) is 1. The Morgan fingerprint density at radius 2 is 1.53 bits per heavy atom. The molecule has 2 aromatic carbocycles. The van der Waals surface area contributed by atoms with Crippen molar-refractivity contribution in [3.8, 4) is 23.0 Å². The van der Waals surface area contributed by atoms with E-state index in [1.807, 2.05) is 12.1 Å². The average Bonchev–Trinajstić information content (AvgIpc) is 2.74. The summed E-state index contributed by atoms with van der Waals surface area (Å²) >= 11 is 0. The topological polar surface area (TPSA) is 83.5 Å². The number of aryl methyl sites for hydroxylation is 1. The number of aliphatic hydroxyl groups is 1.